The predicted molar refractivity (Wildman–Crippen MR) is 55.8 cm³/mol. The van der Waals surface area contributed by atoms with Gasteiger partial charge in [-0.15, -0.1) is 0 Å². The van der Waals surface area contributed by atoms with Gasteiger partial charge in [-0.25, -0.2) is 0 Å². The summed E-state index contributed by atoms with van der Waals surface area (Å²) in [6.45, 7) is 12.7. The first-order valence-electron chi connectivity index (χ1n) is 5.16. The minimum Gasteiger partial charge on any atom is -0.403 e. The summed E-state index contributed by atoms with van der Waals surface area (Å²) in [5, 5.41) is 0. The van der Waals surface area contributed by atoms with Crippen molar-refractivity contribution in [1.29, 1.82) is 0 Å². The van der Waals surface area contributed by atoms with Crippen LogP contribution in [0.5, 0.6) is 0 Å². The SMILES string of the molecule is CC[C@@H](C)B1OC(C)(C)C(C)(C)O1. The van der Waals surface area contributed by atoms with E-state index in [0.717, 1.165) is 6.42 Å². The smallest absolute Gasteiger partial charge is 0.403 e. The molecule has 0 N–H and O–H groups in total. The molecule has 1 aliphatic heterocycles. The van der Waals surface area contributed by atoms with Crippen LogP contribution in [0.4, 0.5) is 0 Å². The Morgan fingerprint density at radius 3 is 1.77 bits per heavy atom. The summed E-state index contributed by atoms with van der Waals surface area (Å²) in [7, 11) is -0.0324. The van der Waals surface area contributed by atoms with Crippen molar-refractivity contribution in [3.8, 4) is 0 Å². The van der Waals surface area contributed by atoms with Crippen LogP contribution in [0.3, 0.4) is 0 Å². The topological polar surface area (TPSA) is 18.5 Å². The van der Waals surface area contributed by atoms with Gasteiger partial charge in [-0.05, 0) is 33.5 Å². The lowest BCUT2D eigenvalue weighted by Crippen LogP contribution is -2.41. The van der Waals surface area contributed by atoms with Crippen LogP contribution >= 0.6 is 0 Å². The summed E-state index contributed by atoms with van der Waals surface area (Å²) in [6.07, 6.45) is 1.09. The lowest BCUT2D eigenvalue weighted by atomic mass is 9.72. The summed E-state index contributed by atoms with van der Waals surface area (Å²) < 4.78 is 11.8. The molecule has 0 bridgehead atoms. The molecule has 0 amide bonds. The molecule has 1 atom stereocenters. The van der Waals surface area contributed by atoms with Crippen molar-refractivity contribution in [1.82, 2.24) is 0 Å². The molecule has 13 heavy (non-hydrogen) atoms. The van der Waals surface area contributed by atoms with E-state index >= 15 is 0 Å². The fourth-order valence-corrected chi connectivity index (χ4v) is 1.31. The van der Waals surface area contributed by atoms with Crippen LogP contribution in [0.1, 0.15) is 48.0 Å². The fourth-order valence-electron chi connectivity index (χ4n) is 1.31. The maximum atomic E-state index is 5.89. The molecular weight excluding hydrogens is 163 g/mol. The van der Waals surface area contributed by atoms with E-state index < -0.39 is 0 Å². The maximum absolute atomic E-state index is 5.89. The second-order valence-corrected chi connectivity index (χ2v) is 5.01. The first-order chi connectivity index (χ1) is 5.80. The third-order valence-corrected chi connectivity index (χ3v) is 3.38. The molecule has 76 valence electrons. The standard InChI is InChI=1S/C10H21BO2/c1-7-8(2)11-12-9(3,4)10(5,6)13-11/h8H,7H2,1-6H3/t8-/m1/s1. The molecule has 1 fully saturated rings. The first kappa shape index (κ1) is 11.1. The Bertz CT molecular complexity index is 173. The average Bonchev–Trinajstić information content (AvgIpc) is 2.20. The predicted octanol–water partition coefficient (Wildman–Crippen LogP) is 2.88. The molecule has 1 aliphatic rings. The van der Waals surface area contributed by atoms with Gasteiger partial charge in [0.25, 0.3) is 0 Å². The molecule has 1 rings (SSSR count). The summed E-state index contributed by atoms with van der Waals surface area (Å²) >= 11 is 0. The molecule has 1 heterocycles. The molecule has 0 aromatic carbocycles. The van der Waals surface area contributed by atoms with Gasteiger partial charge in [0.05, 0.1) is 11.2 Å². The minimum atomic E-state index is -0.179. The zero-order valence-electron chi connectivity index (χ0n) is 9.68. The van der Waals surface area contributed by atoms with E-state index in [4.69, 9.17) is 9.31 Å². The van der Waals surface area contributed by atoms with Crippen molar-refractivity contribution < 1.29 is 9.31 Å². The van der Waals surface area contributed by atoms with Gasteiger partial charge in [-0.1, -0.05) is 20.3 Å². The summed E-state index contributed by atoms with van der Waals surface area (Å²) in [5.41, 5.74) is -0.359. The van der Waals surface area contributed by atoms with Crippen LogP contribution in [0.25, 0.3) is 0 Å². The van der Waals surface area contributed by atoms with E-state index in [1.54, 1.807) is 0 Å². The average molecular weight is 184 g/mol. The Morgan fingerprint density at radius 2 is 1.46 bits per heavy atom. The second-order valence-electron chi connectivity index (χ2n) is 5.01. The minimum absolute atomic E-state index is 0.0324. The Kier molecular flexibility index (Phi) is 2.79. The van der Waals surface area contributed by atoms with Gasteiger partial charge in [0.15, 0.2) is 0 Å². The van der Waals surface area contributed by atoms with E-state index in [-0.39, 0.29) is 18.3 Å². The lowest BCUT2D eigenvalue weighted by molar-refractivity contribution is 0.00578. The van der Waals surface area contributed by atoms with Crippen molar-refractivity contribution in [3.63, 3.8) is 0 Å². The van der Waals surface area contributed by atoms with Crippen LogP contribution in [0.15, 0.2) is 0 Å². The highest BCUT2D eigenvalue weighted by Gasteiger charge is 2.52. The molecular formula is C10H21BO2. The molecule has 0 saturated carbocycles. The van der Waals surface area contributed by atoms with E-state index in [1.165, 1.54) is 0 Å². The van der Waals surface area contributed by atoms with Crippen LogP contribution in [-0.2, 0) is 9.31 Å². The Hall–Kier alpha value is -0.0151. The Balaban J connectivity index is 2.70. The van der Waals surface area contributed by atoms with Gasteiger partial charge in [-0.3, -0.25) is 0 Å². The van der Waals surface area contributed by atoms with Crippen LogP contribution in [0, 0.1) is 0 Å². The molecule has 0 unspecified atom stereocenters. The number of hydrogen-bond donors (Lipinski definition) is 0. The largest absolute Gasteiger partial charge is 0.460 e. The van der Waals surface area contributed by atoms with Gasteiger partial charge >= 0.3 is 7.12 Å². The van der Waals surface area contributed by atoms with Gasteiger partial charge in [0.1, 0.15) is 0 Å². The molecule has 2 nitrogen and oxygen atoms in total. The van der Waals surface area contributed by atoms with Crippen LogP contribution in [-0.4, -0.2) is 18.3 Å². The highest BCUT2D eigenvalue weighted by molar-refractivity contribution is 6.47. The number of hydrogen-bond acceptors (Lipinski definition) is 2. The molecule has 0 spiro atoms. The van der Waals surface area contributed by atoms with Crippen LogP contribution in [0.2, 0.25) is 5.82 Å². The van der Waals surface area contributed by atoms with Gasteiger partial charge < -0.3 is 9.31 Å². The normalized spacial score (nSPS) is 27.7. The van der Waals surface area contributed by atoms with Gasteiger partial charge in [0.2, 0.25) is 0 Å². The highest BCUT2D eigenvalue weighted by Crippen LogP contribution is 2.40. The molecule has 3 heteroatoms. The summed E-state index contributed by atoms with van der Waals surface area (Å²) in [6, 6.07) is 0. The van der Waals surface area contributed by atoms with E-state index in [2.05, 4.69) is 41.5 Å². The monoisotopic (exact) mass is 184 g/mol. The van der Waals surface area contributed by atoms with E-state index in [9.17, 15) is 0 Å². The first-order valence-corrected chi connectivity index (χ1v) is 5.16. The molecule has 0 aliphatic carbocycles. The van der Waals surface area contributed by atoms with Gasteiger partial charge in [-0.2, -0.15) is 0 Å². The number of rotatable bonds is 2. The maximum Gasteiger partial charge on any atom is 0.460 e. The van der Waals surface area contributed by atoms with Crippen molar-refractivity contribution in [2.45, 2.75) is 65.0 Å². The van der Waals surface area contributed by atoms with Gasteiger partial charge in [0, 0.05) is 0 Å². The lowest BCUT2D eigenvalue weighted by Gasteiger charge is -2.32. The zero-order valence-corrected chi connectivity index (χ0v) is 9.68. The second kappa shape index (κ2) is 3.28. The highest BCUT2D eigenvalue weighted by atomic mass is 16.7. The van der Waals surface area contributed by atoms with Crippen LogP contribution < -0.4 is 0 Å². The van der Waals surface area contributed by atoms with E-state index in [1.807, 2.05) is 0 Å². The fraction of sp³-hybridized carbons (Fsp3) is 1.00. The third-order valence-electron chi connectivity index (χ3n) is 3.38. The van der Waals surface area contributed by atoms with Crippen molar-refractivity contribution >= 4 is 7.12 Å². The van der Waals surface area contributed by atoms with Crippen molar-refractivity contribution in [2.75, 3.05) is 0 Å². The third kappa shape index (κ3) is 1.91. The molecule has 0 aromatic rings. The zero-order chi connectivity index (χ0) is 10.3. The Morgan fingerprint density at radius 1 is 1.08 bits per heavy atom. The quantitative estimate of drug-likeness (QED) is 0.614. The van der Waals surface area contributed by atoms with Crippen molar-refractivity contribution in [3.05, 3.63) is 0 Å². The summed E-state index contributed by atoms with van der Waals surface area (Å²) in [4.78, 5) is 0. The molecule has 1 saturated heterocycles. The summed E-state index contributed by atoms with van der Waals surface area (Å²) in [5.74, 6) is 0.473. The molecule has 0 radical (unpaired) electrons. The van der Waals surface area contributed by atoms with E-state index in [0.29, 0.717) is 5.82 Å². The van der Waals surface area contributed by atoms with Crippen molar-refractivity contribution in [2.24, 2.45) is 0 Å². The Labute approximate surface area is 82.1 Å². The molecule has 0 aromatic heterocycles.